The molecule has 0 aromatic heterocycles. The first-order valence-electron chi connectivity index (χ1n) is 5.46. The number of carbonyl (C=O) groups is 1. The third kappa shape index (κ3) is 6.60. The van der Waals surface area contributed by atoms with Crippen LogP contribution in [0.3, 0.4) is 0 Å². The van der Waals surface area contributed by atoms with E-state index in [2.05, 4.69) is 0 Å². The van der Waals surface area contributed by atoms with Crippen molar-refractivity contribution in [3.63, 3.8) is 0 Å². The zero-order valence-electron chi connectivity index (χ0n) is 11.0. The molecule has 0 aliphatic rings. The topological polar surface area (TPSA) is 98.5 Å². The molecule has 0 unspecified atom stereocenters. The van der Waals surface area contributed by atoms with Crippen molar-refractivity contribution in [3.8, 4) is 0 Å². The van der Waals surface area contributed by atoms with Crippen LogP contribution >= 0.6 is 0 Å². The van der Waals surface area contributed by atoms with E-state index in [0.717, 1.165) is 0 Å². The Labute approximate surface area is 103 Å². The van der Waals surface area contributed by atoms with Gasteiger partial charge in [-0.15, -0.1) is 0 Å². The Hall–Kier alpha value is -0.660. The first-order valence-corrected chi connectivity index (χ1v) is 7.11. The fraction of sp³-hybridized carbons (Fsp3) is 0.900. The van der Waals surface area contributed by atoms with E-state index in [-0.39, 0.29) is 5.75 Å². The molecule has 0 bridgehead atoms. The summed E-state index contributed by atoms with van der Waals surface area (Å²) in [7, 11) is -3.58. The van der Waals surface area contributed by atoms with Crippen LogP contribution in [-0.2, 0) is 19.6 Å². The molecule has 0 aromatic carbocycles. The molecule has 0 aliphatic heterocycles. The summed E-state index contributed by atoms with van der Waals surface area (Å²) in [5.41, 5.74) is 5.18. The van der Waals surface area contributed by atoms with E-state index in [0.29, 0.717) is 0 Å². The van der Waals surface area contributed by atoms with Crippen LogP contribution in [0, 0.1) is 0 Å². The van der Waals surface area contributed by atoms with Crippen molar-refractivity contribution in [1.29, 1.82) is 0 Å². The smallest absolute Gasteiger partial charge is 0.253 e. The lowest BCUT2D eigenvalue weighted by Gasteiger charge is -2.28. The summed E-state index contributed by atoms with van der Waals surface area (Å²) in [5.74, 6) is -0.913. The highest BCUT2D eigenvalue weighted by molar-refractivity contribution is 7.90. The minimum absolute atomic E-state index is 0.167. The van der Waals surface area contributed by atoms with E-state index in [1.54, 1.807) is 6.92 Å². The quantitative estimate of drug-likeness (QED) is 0.729. The molecule has 102 valence electrons. The summed E-state index contributed by atoms with van der Waals surface area (Å²) in [6.07, 6.45) is -0.568. The number of rotatable bonds is 5. The van der Waals surface area contributed by atoms with Crippen molar-refractivity contribution in [2.45, 2.75) is 52.4 Å². The number of ether oxygens (including phenoxy) is 1. The molecule has 7 heteroatoms. The minimum Gasteiger partial charge on any atom is -0.371 e. The third-order valence-corrected chi connectivity index (χ3v) is 3.26. The van der Waals surface area contributed by atoms with Gasteiger partial charge in [-0.05, 0) is 34.6 Å². The molecule has 0 radical (unpaired) electrons. The number of sulfonamides is 1. The maximum atomic E-state index is 11.5. The van der Waals surface area contributed by atoms with Crippen molar-refractivity contribution in [3.05, 3.63) is 0 Å². The Kier molecular flexibility index (Phi) is 5.57. The molecule has 0 fully saturated rings. The first-order chi connectivity index (χ1) is 7.48. The van der Waals surface area contributed by atoms with Crippen molar-refractivity contribution in [1.82, 2.24) is 4.72 Å². The molecule has 17 heavy (non-hydrogen) atoms. The van der Waals surface area contributed by atoms with Gasteiger partial charge >= 0.3 is 0 Å². The maximum Gasteiger partial charge on any atom is 0.253 e. The standard InChI is InChI=1S/C10H22N2O4S/c1-6-17(14,15)12-9(13)8(11)7(2)16-10(3,4)5/h7-8H,6,11H2,1-5H3,(H,12,13)/t7-,8+/m1/s1. The summed E-state index contributed by atoms with van der Waals surface area (Å²) < 4.78 is 29.8. The van der Waals surface area contributed by atoms with E-state index < -0.39 is 33.7 Å². The summed E-state index contributed by atoms with van der Waals surface area (Å²) in [4.78, 5) is 11.5. The summed E-state index contributed by atoms with van der Waals surface area (Å²) in [6.45, 7) is 8.56. The van der Waals surface area contributed by atoms with Crippen molar-refractivity contribution >= 4 is 15.9 Å². The van der Waals surface area contributed by atoms with Crippen LogP contribution in [0.15, 0.2) is 0 Å². The normalized spacial score (nSPS) is 16.4. The molecule has 0 aromatic rings. The molecule has 0 saturated carbocycles. The fourth-order valence-corrected chi connectivity index (χ4v) is 1.72. The van der Waals surface area contributed by atoms with Gasteiger partial charge in [-0.1, -0.05) is 0 Å². The molecule has 1 amide bonds. The van der Waals surface area contributed by atoms with Gasteiger partial charge in [0.2, 0.25) is 10.0 Å². The number of hydrogen-bond donors (Lipinski definition) is 2. The molecule has 6 nitrogen and oxygen atoms in total. The van der Waals surface area contributed by atoms with Gasteiger partial charge in [0, 0.05) is 0 Å². The van der Waals surface area contributed by atoms with Gasteiger partial charge in [0.05, 0.1) is 17.5 Å². The van der Waals surface area contributed by atoms with Crippen molar-refractivity contribution < 1.29 is 17.9 Å². The predicted octanol–water partition coefficient (Wildman–Crippen LogP) is -0.0168. The lowest BCUT2D eigenvalue weighted by atomic mass is 10.1. The van der Waals surface area contributed by atoms with Crippen LogP contribution in [-0.4, -0.2) is 37.8 Å². The third-order valence-electron chi connectivity index (χ3n) is 1.98. The largest absolute Gasteiger partial charge is 0.371 e. The van der Waals surface area contributed by atoms with Crippen molar-refractivity contribution in [2.75, 3.05) is 5.75 Å². The second kappa shape index (κ2) is 5.79. The average Bonchev–Trinajstić information content (AvgIpc) is 2.13. The lowest BCUT2D eigenvalue weighted by molar-refractivity contribution is -0.127. The van der Waals surface area contributed by atoms with Gasteiger partial charge in [0.25, 0.3) is 5.91 Å². The number of nitrogens with two attached hydrogens (primary N) is 1. The van der Waals surface area contributed by atoms with Crippen LogP contribution in [0.5, 0.6) is 0 Å². The van der Waals surface area contributed by atoms with Gasteiger partial charge in [0.1, 0.15) is 6.04 Å². The fourth-order valence-electron chi connectivity index (χ4n) is 1.14. The summed E-state index contributed by atoms with van der Waals surface area (Å²) >= 11 is 0. The Morgan fingerprint density at radius 3 is 2.24 bits per heavy atom. The Balaban J connectivity index is 4.51. The molecule has 0 aliphatic carbocycles. The Bertz CT molecular complexity index is 359. The summed E-state index contributed by atoms with van der Waals surface area (Å²) in [6, 6.07) is -1.02. The molecular formula is C10H22N2O4S. The second-order valence-corrected chi connectivity index (χ2v) is 6.84. The zero-order chi connectivity index (χ0) is 13.9. The Morgan fingerprint density at radius 2 is 1.88 bits per heavy atom. The number of hydrogen-bond acceptors (Lipinski definition) is 5. The highest BCUT2D eigenvalue weighted by atomic mass is 32.2. The van der Waals surface area contributed by atoms with Crippen LogP contribution in [0.25, 0.3) is 0 Å². The summed E-state index contributed by atoms with van der Waals surface area (Å²) in [5, 5.41) is 0. The second-order valence-electron chi connectivity index (χ2n) is 4.83. The molecule has 0 saturated heterocycles. The van der Waals surface area contributed by atoms with Crippen LogP contribution in [0.1, 0.15) is 34.6 Å². The zero-order valence-corrected chi connectivity index (χ0v) is 11.8. The van der Waals surface area contributed by atoms with Crippen LogP contribution in [0.4, 0.5) is 0 Å². The molecule has 3 N–H and O–H groups in total. The predicted molar refractivity (Wildman–Crippen MR) is 65.9 cm³/mol. The highest BCUT2D eigenvalue weighted by Crippen LogP contribution is 2.12. The molecule has 2 atom stereocenters. The monoisotopic (exact) mass is 266 g/mol. The minimum atomic E-state index is -3.58. The lowest BCUT2D eigenvalue weighted by Crippen LogP contribution is -2.51. The van der Waals surface area contributed by atoms with Crippen molar-refractivity contribution in [2.24, 2.45) is 5.73 Å². The Morgan fingerprint density at radius 1 is 1.41 bits per heavy atom. The molecule has 0 heterocycles. The van der Waals surface area contributed by atoms with Crippen LogP contribution in [0.2, 0.25) is 0 Å². The highest BCUT2D eigenvalue weighted by Gasteiger charge is 2.27. The van der Waals surface area contributed by atoms with E-state index in [9.17, 15) is 13.2 Å². The van der Waals surface area contributed by atoms with Gasteiger partial charge in [0.15, 0.2) is 0 Å². The average molecular weight is 266 g/mol. The molecule has 0 rings (SSSR count). The van der Waals surface area contributed by atoms with E-state index in [1.165, 1.54) is 6.92 Å². The number of nitrogens with one attached hydrogen (secondary N) is 1. The molecule has 0 spiro atoms. The van der Waals surface area contributed by atoms with Gasteiger partial charge in [-0.2, -0.15) is 0 Å². The number of amides is 1. The van der Waals surface area contributed by atoms with Gasteiger partial charge in [-0.25, -0.2) is 8.42 Å². The van der Waals surface area contributed by atoms with Crippen LogP contribution < -0.4 is 10.5 Å². The SMILES string of the molecule is CCS(=O)(=O)NC(=O)[C@@H](N)[C@@H](C)OC(C)(C)C. The van der Waals surface area contributed by atoms with Gasteiger partial charge < -0.3 is 10.5 Å². The van der Waals surface area contributed by atoms with Gasteiger partial charge in [-0.3, -0.25) is 9.52 Å². The van der Waals surface area contributed by atoms with E-state index in [1.807, 2.05) is 25.5 Å². The maximum absolute atomic E-state index is 11.5. The van der Waals surface area contributed by atoms with E-state index >= 15 is 0 Å². The number of carbonyl (C=O) groups excluding carboxylic acids is 1. The molecular weight excluding hydrogens is 244 g/mol. The first kappa shape index (κ1) is 16.3. The van der Waals surface area contributed by atoms with E-state index in [4.69, 9.17) is 10.5 Å².